The highest BCUT2D eigenvalue weighted by Crippen LogP contribution is 2.23. The van der Waals surface area contributed by atoms with Crippen molar-refractivity contribution >= 4 is 21.9 Å². The van der Waals surface area contributed by atoms with Crippen LogP contribution in [0.5, 0.6) is 0 Å². The van der Waals surface area contributed by atoms with E-state index in [-0.39, 0.29) is 5.41 Å². The molecular weight excluding hydrogens is 308 g/mol. The Hall–Kier alpha value is -0.910. The van der Waals surface area contributed by atoms with Gasteiger partial charge in [0, 0.05) is 23.0 Å². The SMILES string of the molecule is CNC(CNCC(C)(C)c1ccc(Br)cc1)C(=O)O. The lowest BCUT2D eigenvalue weighted by atomic mass is 9.84. The highest BCUT2D eigenvalue weighted by Gasteiger charge is 2.21. The Labute approximate surface area is 122 Å². The molecule has 0 saturated carbocycles. The minimum Gasteiger partial charge on any atom is -0.480 e. The molecule has 106 valence electrons. The van der Waals surface area contributed by atoms with Crippen molar-refractivity contribution < 1.29 is 9.90 Å². The highest BCUT2D eigenvalue weighted by molar-refractivity contribution is 9.10. The van der Waals surface area contributed by atoms with Crippen molar-refractivity contribution in [1.82, 2.24) is 10.6 Å². The zero-order chi connectivity index (χ0) is 14.5. The molecule has 0 fully saturated rings. The molecule has 1 atom stereocenters. The number of carboxylic acid groups (broad SMARTS) is 1. The van der Waals surface area contributed by atoms with E-state index in [1.807, 2.05) is 12.1 Å². The maximum absolute atomic E-state index is 10.9. The maximum Gasteiger partial charge on any atom is 0.322 e. The number of rotatable bonds is 7. The second-order valence-electron chi connectivity index (χ2n) is 5.20. The lowest BCUT2D eigenvalue weighted by Gasteiger charge is -2.26. The molecule has 1 rings (SSSR count). The second-order valence-corrected chi connectivity index (χ2v) is 6.12. The average molecular weight is 329 g/mol. The molecule has 0 aliphatic heterocycles. The summed E-state index contributed by atoms with van der Waals surface area (Å²) in [5.74, 6) is -0.837. The largest absolute Gasteiger partial charge is 0.480 e. The van der Waals surface area contributed by atoms with Crippen LogP contribution in [0.25, 0.3) is 0 Å². The van der Waals surface area contributed by atoms with Crippen LogP contribution in [-0.2, 0) is 10.2 Å². The summed E-state index contributed by atoms with van der Waals surface area (Å²) in [5, 5.41) is 14.9. The summed E-state index contributed by atoms with van der Waals surface area (Å²) >= 11 is 3.42. The first-order chi connectivity index (χ1) is 8.86. The number of benzene rings is 1. The molecule has 0 aliphatic carbocycles. The van der Waals surface area contributed by atoms with Gasteiger partial charge in [0.25, 0.3) is 0 Å². The molecule has 4 nitrogen and oxygen atoms in total. The van der Waals surface area contributed by atoms with Crippen molar-refractivity contribution in [2.75, 3.05) is 20.1 Å². The Morgan fingerprint density at radius 3 is 2.42 bits per heavy atom. The smallest absolute Gasteiger partial charge is 0.322 e. The first-order valence-corrected chi connectivity index (χ1v) is 7.03. The van der Waals surface area contributed by atoms with Gasteiger partial charge in [-0.15, -0.1) is 0 Å². The Morgan fingerprint density at radius 2 is 1.95 bits per heavy atom. The lowest BCUT2D eigenvalue weighted by molar-refractivity contribution is -0.139. The number of carboxylic acids is 1. The van der Waals surface area contributed by atoms with Crippen LogP contribution in [0.4, 0.5) is 0 Å². The summed E-state index contributed by atoms with van der Waals surface area (Å²) in [6, 6.07) is 7.65. The number of hydrogen-bond donors (Lipinski definition) is 3. The Kier molecular flexibility index (Phi) is 5.97. The van der Waals surface area contributed by atoms with E-state index in [0.29, 0.717) is 6.54 Å². The molecule has 0 aromatic heterocycles. The molecule has 0 saturated heterocycles. The molecule has 0 radical (unpaired) electrons. The number of likely N-dealkylation sites (N-methyl/N-ethyl adjacent to an activating group) is 1. The van der Waals surface area contributed by atoms with Crippen LogP contribution < -0.4 is 10.6 Å². The molecule has 19 heavy (non-hydrogen) atoms. The number of carbonyl (C=O) groups is 1. The lowest BCUT2D eigenvalue weighted by Crippen LogP contribution is -2.45. The van der Waals surface area contributed by atoms with Crippen molar-refractivity contribution in [2.24, 2.45) is 0 Å². The molecule has 0 aliphatic rings. The molecule has 1 aromatic carbocycles. The normalized spacial score (nSPS) is 13.3. The summed E-state index contributed by atoms with van der Waals surface area (Å²) in [4.78, 5) is 10.9. The van der Waals surface area contributed by atoms with Crippen LogP contribution in [0, 0.1) is 0 Å². The standard InChI is InChI=1S/C14H21BrN2O2/c1-14(2,10-4-6-11(15)7-5-10)9-17-8-12(16-3)13(18)19/h4-7,12,16-17H,8-9H2,1-3H3,(H,18,19). The number of nitrogens with one attached hydrogen (secondary N) is 2. The topological polar surface area (TPSA) is 61.4 Å². The second kappa shape index (κ2) is 7.03. The number of aliphatic carboxylic acids is 1. The molecule has 1 aromatic rings. The molecule has 0 heterocycles. The summed E-state index contributed by atoms with van der Waals surface area (Å²) in [7, 11) is 1.65. The van der Waals surface area contributed by atoms with E-state index in [1.54, 1.807) is 7.05 Å². The molecule has 0 amide bonds. The average Bonchev–Trinajstić information content (AvgIpc) is 2.34. The van der Waals surface area contributed by atoms with E-state index in [9.17, 15) is 4.79 Å². The molecule has 3 N–H and O–H groups in total. The predicted molar refractivity (Wildman–Crippen MR) is 80.5 cm³/mol. The van der Waals surface area contributed by atoms with Crippen molar-refractivity contribution in [3.05, 3.63) is 34.3 Å². The fourth-order valence-corrected chi connectivity index (χ4v) is 2.11. The molecule has 1 unspecified atom stereocenters. The fourth-order valence-electron chi connectivity index (χ4n) is 1.84. The third-order valence-electron chi connectivity index (χ3n) is 3.19. The van der Waals surface area contributed by atoms with Gasteiger partial charge in [-0.1, -0.05) is 41.9 Å². The van der Waals surface area contributed by atoms with Crippen LogP contribution in [0.2, 0.25) is 0 Å². The van der Waals surface area contributed by atoms with Crippen LogP contribution >= 0.6 is 15.9 Å². The monoisotopic (exact) mass is 328 g/mol. The number of halogens is 1. The Morgan fingerprint density at radius 1 is 1.37 bits per heavy atom. The zero-order valence-corrected chi connectivity index (χ0v) is 13.1. The van der Waals surface area contributed by atoms with Gasteiger partial charge in [0.05, 0.1) is 0 Å². The predicted octanol–water partition coefficient (Wildman–Crippen LogP) is 1.99. The molecule has 5 heteroatoms. The van der Waals surface area contributed by atoms with Crippen LogP contribution in [0.1, 0.15) is 19.4 Å². The van der Waals surface area contributed by atoms with E-state index >= 15 is 0 Å². The summed E-state index contributed by atoms with van der Waals surface area (Å²) in [5.41, 5.74) is 1.18. The van der Waals surface area contributed by atoms with Gasteiger partial charge in [0.2, 0.25) is 0 Å². The summed E-state index contributed by atoms with van der Waals surface area (Å²) < 4.78 is 1.06. The number of hydrogen-bond acceptors (Lipinski definition) is 3. The Bertz CT molecular complexity index is 418. The van der Waals surface area contributed by atoms with Crippen molar-refractivity contribution in [1.29, 1.82) is 0 Å². The molecular formula is C14H21BrN2O2. The summed E-state index contributed by atoms with van der Waals surface area (Å²) in [6.07, 6.45) is 0. The minimum absolute atomic E-state index is 0.0442. The third-order valence-corrected chi connectivity index (χ3v) is 3.72. The zero-order valence-electron chi connectivity index (χ0n) is 11.5. The highest BCUT2D eigenvalue weighted by atomic mass is 79.9. The van der Waals surface area contributed by atoms with Gasteiger partial charge in [0.1, 0.15) is 6.04 Å². The summed E-state index contributed by atoms with van der Waals surface area (Å²) in [6.45, 7) is 5.41. The maximum atomic E-state index is 10.9. The minimum atomic E-state index is -0.837. The van der Waals surface area contributed by atoms with Gasteiger partial charge < -0.3 is 15.7 Å². The quantitative estimate of drug-likeness (QED) is 0.716. The molecule has 0 bridgehead atoms. The van der Waals surface area contributed by atoms with E-state index in [1.165, 1.54) is 5.56 Å². The van der Waals surface area contributed by atoms with Gasteiger partial charge in [0.15, 0.2) is 0 Å². The van der Waals surface area contributed by atoms with Crippen molar-refractivity contribution in [3.63, 3.8) is 0 Å². The Balaban J connectivity index is 2.55. The van der Waals surface area contributed by atoms with Gasteiger partial charge in [-0.3, -0.25) is 4.79 Å². The first-order valence-electron chi connectivity index (χ1n) is 6.23. The first kappa shape index (κ1) is 16.1. The molecule has 0 spiro atoms. The van der Waals surface area contributed by atoms with E-state index in [2.05, 4.69) is 52.5 Å². The van der Waals surface area contributed by atoms with Crippen LogP contribution in [0.3, 0.4) is 0 Å². The van der Waals surface area contributed by atoms with Gasteiger partial charge in [-0.25, -0.2) is 0 Å². The van der Waals surface area contributed by atoms with Crippen LogP contribution in [-0.4, -0.2) is 37.3 Å². The van der Waals surface area contributed by atoms with E-state index < -0.39 is 12.0 Å². The van der Waals surface area contributed by atoms with Crippen molar-refractivity contribution in [2.45, 2.75) is 25.3 Å². The van der Waals surface area contributed by atoms with Gasteiger partial charge in [-0.05, 0) is 24.7 Å². The van der Waals surface area contributed by atoms with E-state index in [0.717, 1.165) is 11.0 Å². The van der Waals surface area contributed by atoms with Gasteiger partial charge >= 0.3 is 5.97 Å². The van der Waals surface area contributed by atoms with Gasteiger partial charge in [-0.2, -0.15) is 0 Å². The fraction of sp³-hybridized carbons (Fsp3) is 0.500. The van der Waals surface area contributed by atoms with Crippen molar-refractivity contribution in [3.8, 4) is 0 Å². The van der Waals surface area contributed by atoms with Crippen LogP contribution in [0.15, 0.2) is 28.7 Å². The van der Waals surface area contributed by atoms with E-state index in [4.69, 9.17) is 5.11 Å². The third kappa shape index (κ3) is 4.93.